The second-order valence-electron chi connectivity index (χ2n) is 6.87. The Morgan fingerprint density at radius 1 is 1.25 bits per heavy atom. The van der Waals surface area contributed by atoms with Gasteiger partial charge in [0, 0.05) is 24.8 Å². The maximum atomic E-state index is 12.0. The van der Waals surface area contributed by atoms with E-state index in [0.29, 0.717) is 11.1 Å². The molecule has 0 aromatic carbocycles. The first-order chi connectivity index (χ1) is 11.6. The van der Waals surface area contributed by atoms with Crippen molar-refractivity contribution in [2.45, 2.75) is 31.2 Å². The lowest BCUT2D eigenvalue weighted by Gasteiger charge is -2.44. The predicted octanol–water partition coefficient (Wildman–Crippen LogP) is 1.58. The average Bonchev–Trinajstić information content (AvgIpc) is 3.21. The molecule has 2 aliphatic heterocycles. The van der Waals surface area contributed by atoms with Gasteiger partial charge in [0.05, 0.1) is 18.4 Å². The van der Waals surface area contributed by atoms with E-state index < -0.39 is 0 Å². The highest BCUT2D eigenvalue weighted by atomic mass is 16.5. The van der Waals surface area contributed by atoms with Crippen LogP contribution in [0.1, 0.15) is 36.0 Å². The molecule has 1 spiro atoms. The summed E-state index contributed by atoms with van der Waals surface area (Å²) in [4.78, 5) is 21.2. The maximum Gasteiger partial charge on any atom is 0.339 e. The van der Waals surface area contributed by atoms with Gasteiger partial charge in [-0.25, -0.2) is 14.3 Å². The van der Waals surface area contributed by atoms with Gasteiger partial charge in [0.2, 0.25) is 0 Å². The van der Waals surface area contributed by atoms with E-state index in [0.717, 1.165) is 37.3 Å². The highest BCUT2D eigenvalue weighted by Crippen LogP contribution is 2.38. The zero-order chi connectivity index (χ0) is 16.7. The van der Waals surface area contributed by atoms with Gasteiger partial charge in [0.25, 0.3) is 0 Å². The van der Waals surface area contributed by atoms with Crippen LogP contribution in [-0.2, 0) is 4.74 Å². The van der Waals surface area contributed by atoms with Crippen molar-refractivity contribution in [2.75, 3.05) is 38.7 Å². The lowest BCUT2D eigenvalue weighted by Crippen LogP contribution is -2.50. The Balaban J connectivity index is 1.64. The molecule has 128 valence electrons. The first-order valence-corrected chi connectivity index (χ1v) is 8.51. The zero-order valence-electron chi connectivity index (χ0n) is 14.2. The van der Waals surface area contributed by atoms with E-state index in [1.165, 1.54) is 32.8 Å². The van der Waals surface area contributed by atoms with Gasteiger partial charge in [-0.05, 0) is 45.3 Å². The first kappa shape index (κ1) is 15.4. The van der Waals surface area contributed by atoms with Crippen LogP contribution in [0.5, 0.6) is 0 Å². The molecule has 0 unspecified atom stereocenters. The Labute approximate surface area is 141 Å². The number of anilines is 1. The average molecular weight is 329 g/mol. The molecule has 0 radical (unpaired) electrons. The minimum absolute atomic E-state index is 0.349. The van der Waals surface area contributed by atoms with Crippen LogP contribution >= 0.6 is 0 Å². The second-order valence-corrected chi connectivity index (χ2v) is 6.87. The topological polar surface area (TPSA) is 63.0 Å². The molecule has 7 nitrogen and oxygen atoms in total. The molecule has 2 saturated heterocycles. The van der Waals surface area contributed by atoms with Crippen LogP contribution in [0.25, 0.3) is 5.65 Å². The van der Waals surface area contributed by atoms with Crippen molar-refractivity contribution in [1.29, 1.82) is 0 Å². The summed E-state index contributed by atoms with van der Waals surface area (Å²) in [5.74, 6) is -0.349. The molecule has 0 aliphatic carbocycles. The van der Waals surface area contributed by atoms with Crippen LogP contribution in [-0.4, -0.2) is 64.8 Å². The fraction of sp³-hybridized carbons (Fsp3) is 0.588. The predicted molar refractivity (Wildman–Crippen MR) is 90.4 cm³/mol. The van der Waals surface area contributed by atoms with Crippen LogP contribution in [0.4, 0.5) is 5.69 Å². The number of likely N-dealkylation sites (tertiary alicyclic amines) is 1. The monoisotopic (exact) mass is 329 g/mol. The summed E-state index contributed by atoms with van der Waals surface area (Å²) < 4.78 is 6.53. The van der Waals surface area contributed by atoms with Crippen molar-refractivity contribution in [2.24, 2.45) is 0 Å². The van der Waals surface area contributed by atoms with E-state index >= 15 is 0 Å². The third-order valence-corrected chi connectivity index (χ3v) is 5.76. The number of fused-ring (bicyclic) bond motifs is 1. The summed E-state index contributed by atoms with van der Waals surface area (Å²) in [7, 11) is 3.64. The number of esters is 1. The number of pyridine rings is 1. The van der Waals surface area contributed by atoms with Gasteiger partial charge in [0.15, 0.2) is 5.65 Å². The normalized spacial score (nSPS) is 20.8. The zero-order valence-corrected chi connectivity index (χ0v) is 14.2. The van der Waals surface area contributed by atoms with E-state index in [2.05, 4.69) is 26.9 Å². The quantitative estimate of drug-likeness (QED) is 0.780. The SMILES string of the molecule is COC(=O)c1cc(N2CCC3(CCCN3C)CC2)c2ncnn2c1. The second kappa shape index (κ2) is 5.73. The van der Waals surface area contributed by atoms with E-state index in [1.807, 2.05) is 6.07 Å². The molecule has 2 aliphatic rings. The Hall–Kier alpha value is -2.15. The van der Waals surface area contributed by atoms with Crippen LogP contribution in [0.15, 0.2) is 18.6 Å². The standard InChI is InChI=1S/C17H23N5O2/c1-20-7-3-4-17(20)5-8-21(9-6-17)14-10-13(16(23)24-2)11-22-15(14)18-12-19-22/h10-12H,3-9H2,1-2H3. The fourth-order valence-electron chi connectivity index (χ4n) is 4.24. The molecular weight excluding hydrogens is 306 g/mol. The van der Waals surface area contributed by atoms with Crippen molar-refractivity contribution >= 4 is 17.3 Å². The number of piperidine rings is 1. The highest BCUT2D eigenvalue weighted by Gasteiger charge is 2.41. The van der Waals surface area contributed by atoms with E-state index in [9.17, 15) is 4.79 Å². The molecule has 7 heteroatoms. The Morgan fingerprint density at radius 3 is 2.71 bits per heavy atom. The summed E-state index contributed by atoms with van der Waals surface area (Å²) in [6.07, 6.45) is 8.07. The van der Waals surface area contributed by atoms with Crippen LogP contribution < -0.4 is 4.90 Å². The number of carbonyl (C=O) groups excluding carboxylic acids is 1. The number of ether oxygens (including phenoxy) is 1. The van der Waals surface area contributed by atoms with E-state index in [4.69, 9.17) is 4.74 Å². The van der Waals surface area contributed by atoms with Crippen molar-refractivity contribution in [3.05, 3.63) is 24.2 Å². The summed E-state index contributed by atoms with van der Waals surface area (Å²) in [6, 6.07) is 1.88. The van der Waals surface area contributed by atoms with Crippen molar-refractivity contribution < 1.29 is 9.53 Å². The Kier molecular flexibility index (Phi) is 3.68. The summed E-state index contributed by atoms with van der Waals surface area (Å²) >= 11 is 0. The molecule has 2 fully saturated rings. The summed E-state index contributed by atoms with van der Waals surface area (Å²) in [6.45, 7) is 3.14. The number of nitrogens with zero attached hydrogens (tertiary/aromatic N) is 5. The highest BCUT2D eigenvalue weighted by molar-refractivity contribution is 5.91. The lowest BCUT2D eigenvalue weighted by molar-refractivity contribution is 0.0600. The molecule has 24 heavy (non-hydrogen) atoms. The number of carbonyl (C=O) groups is 1. The molecule has 0 atom stereocenters. The summed E-state index contributed by atoms with van der Waals surface area (Å²) in [5.41, 5.74) is 2.62. The molecular formula is C17H23N5O2. The Morgan fingerprint density at radius 2 is 2.04 bits per heavy atom. The van der Waals surface area contributed by atoms with Gasteiger partial charge in [-0.15, -0.1) is 0 Å². The molecule has 0 saturated carbocycles. The van der Waals surface area contributed by atoms with Crippen molar-refractivity contribution in [3.63, 3.8) is 0 Å². The molecule has 2 aromatic rings. The van der Waals surface area contributed by atoms with Crippen LogP contribution in [0.3, 0.4) is 0 Å². The third kappa shape index (κ3) is 2.34. The minimum Gasteiger partial charge on any atom is -0.465 e. The van der Waals surface area contributed by atoms with Gasteiger partial charge >= 0.3 is 5.97 Å². The van der Waals surface area contributed by atoms with Gasteiger partial charge in [-0.2, -0.15) is 5.10 Å². The summed E-state index contributed by atoms with van der Waals surface area (Å²) in [5, 5.41) is 4.20. The molecule has 4 heterocycles. The number of methoxy groups -OCH3 is 1. The van der Waals surface area contributed by atoms with Crippen molar-refractivity contribution in [1.82, 2.24) is 19.5 Å². The lowest BCUT2D eigenvalue weighted by atomic mass is 9.85. The smallest absolute Gasteiger partial charge is 0.339 e. The van der Waals surface area contributed by atoms with Gasteiger partial charge in [-0.1, -0.05) is 0 Å². The molecule has 0 N–H and O–H groups in total. The maximum absolute atomic E-state index is 12.0. The largest absolute Gasteiger partial charge is 0.465 e. The van der Waals surface area contributed by atoms with Gasteiger partial charge in [-0.3, -0.25) is 0 Å². The number of aromatic nitrogens is 3. The van der Waals surface area contributed by atoms with Crippen molar-refractivity contribution in [3.8, 4) is 0 Å². The molecule has 4 rings (SSSR count). The van der Waals surface area contributed by atoms with Gasteiger partial charge in [0.1, 0.15) is 6.33 Å². The molecule has 0 amide bonds. The van der Waals surface area contributed by atoms with Crippen LogP contribution in [0, 0.1) is 0 Å². The van der Waals surface area contributed by atoms with Gasteiger partial charge < -0.3 is 14.5 Å². The minimum atomic E-state index is -0.349. The molecule has 0 bridgehead atoms. The van der Waals surface area contributed by atoms with E-state index in [-0.39, 0.29) is 5.97 Å². The van der Waals surface area contributed by atoms with E-state index in [1.54, 1.807) is 10.7 Å². The number of hydrogen-bond acceptors (Lipinski definition) is 6. The van der Waals surface area contributed by atoms with Crippen LogP contribution in [0.2, 0.25) is 0 Å². The Bertz CT molecular complexity index is 763. The number of hydrogen-bond donors (Lipinski definition) is 0. The number of rotatable bonds is 2. The third-order valence-electron chi connectivity index (χ3n) is 5.76. The first-order valence-electron chi connectivity index (χ1n) is 8.51. The molecule has 2 aromatic heterocycles. The fourth-order valence-corrected chi connectivity index (χ4v) is 4.24.